The number of carbonyl (C=O) groups excluding carboxylic acids is 1. The number of thiazole rings is 1. The Kier molecular flexibility index (Phi) is 6.14. The summed E-state index contributed by atoms with van der Waals surface area (Å²) in [6.45, 7) is 4.77. The van der Waals surface area contributed by atoms with Crippen molar-refractivity contribution in [1.29, 1.82) is 0 Å². The molecular formula is C23H27N3O3S2. The molecule has 6 nitrogen and oxygen atoms in total. The number of hydrogen-bond acceptors (Lipinski definition) is 4. The molecule has 1 amide bonds. The van der Waals surface area contributed by atoms with Crippen LogP contribution in [0.5, 0.6) is 0 Å². The van der Waals surface area contributed by atoms with E-state index in [-0.39, 0.29) is 16.8 Å². The molecule has 8 heteroatoms. The van der Waals surface area contributed by atoms with Crippen LogP contribution in [0, 0.1) is 6.92 Å². The fraction of sp³-hybridized carbons (Fsp3) is 0.391. The maximum atomic E-state index is 12.9. The van der Waals surface area contributed by atoms with E-state index < -0.39 is 10.0 Å². The monoisotopic (exact) mass is 457 g/mol. The van der Waals surface area contributed by atoms with Gasteiger partial charge in [0.05, 0.1) is 15.1 Å². The number of carbonyl (C=O) groups is 1. The number of hydrogen-bond donors (Lipinski definition) is 0. The van der Waals surface area contributed by atoms with Gasteiger partial charge in [0.25, 0.3) is 5.91 Å². The number of rotatable bonds is 5. The third kappa shape index (κ3) is 4.24. The lowest BCUT2D eigenvalue weighted by atomic mass is 10.2. The Bertz CT molecular complexity index is 1280. The van der Waals surface area contributed by atoms with Crippen LogP contribution in [0.25, 0.3) is 10.2 Å². The van der Waals surface area contributed by atoms with Crippen LogP contribution in [0.2, 0.25) is 0 Å². The summed E-state index contributed by atoms with van der Waals surface area (Å²) in [5.74, 6) is -0.376. The average Bonchev–Trinajstić information content (AvgIpc) is 3.40. The molecule has 1 saturated carbocycles. The van der Waals surface area contributed by atoms with Crippen molar-refractivity contribution >= 4 is 37.5 Å². The Morgan fingerprint density at radius 1 is 1.16 bits per heavy atom. The third-order valence-corrected chi connectivity index (χ3v) is 8.93. The van der Waals surface area contributed by atoms with Crippen molar-refractivity contribution in [2.24, 2.45) is 4.99 Å². The first-order valence-corrected chi connectivity index (χ1v) is 12.8. The Morgan fingerprint density at radius 2 is 1.84 bits per heavy atom. The van der Waals surface area contributed by atoms with E-state index in [2.05, 4.69) is 23.2 Å². The highest BCUT2D eigenvalue weighted by Crippen LogP contribution is 2.27. The SMILES string of the molecule is CCn1c(=NC(=O)c2ccc(S(=O)(=O)N(C)C3CCCC3)cc2)sc2cc(C)ccc21. The molecule has 1 aliphatic rings. The molecular weight excluding hydrogens is 430 g/mol. The minimum absolute atomic E-state index is 0.0578. The zero-order valence-electron chi connectivity index (χ0n) is 18.0. The summed E-state index contributed by atoms with van der Waals surface area (Å²) in [6, 6.07) is 12.4. The largest absolute Gasteiger partial charge is 0.317 e. The van der Waals surface area contributed by atoms with Crippen LogP contribution in [0.15, 0.2) is 52.4 Å². The fourth-order valence-electron chi connectivity index (χ4n) is 4.12. The summed E-state index contributed by atoms with van der Waals surface area (Å²) >= 11 is 1.48. The first-order chi connectivity index (χ1) is 14.8. The number of fused-ring (bicyclic) bond motifs is 1. The van der Waals surface area contributed by atoms with E-state index in [1.807, 2.05) is 18.4 Å². The first kappa shape index (κ1) is 21.9. The average molecular weight is 458 g/mol. The van der Waals surface area contributed by atoms with Gasteiger partial charge < -0.3 is 4.57 Å². The maximum absolute atomic E-state index is 12.9. The van der Waals surface area contributed by atoms with Crippen LogP contribution in [0.4, 0.5) is 0 Å². The molecule has 0 atom stereocenters. The molecule has 0 bridgehead atoms. The molecule has 0 N–H and O–H groups in total. The minimum Gasteiger partial charge on any atom is -0.317 e. The van der Waals surface area contributed by atoms with Crippen molar-refractivity contribution in [3.8, 4) is 0 Å². The standard InChI is InChI=1S/C23H27N3O3S2/c1-4-26-20-14-9-16(2)15-21(20)30-23(26)24-22(27)17-10-12-19(13-11-17)31(28,29)25(3)18-7-5-6-8-18/h9-15,18H,4-8H2,1-3H3. The van der Waals surface area contributed by atoms with E-state index in [1.54, 1.807) is 19.2 Å². The van der Waals surface area contributed by atoms with E-state index in [0.717, 1.165) is 41.5 Å². The lowest BCUT2D eigenvalue weighted by Gasteiger charge is -2.23. The zero-order valence-corrected chi connectivity index (χ0v) is 19.7. The van der Waals surface area contributed by atoms with Gasteiger partial charge in [-0.1, -0.05) is 30.2 Å². The predicted octanol–water partition coefficient (Wildman–Crippen LogP) is 4.34. The van der Waals surface area contributed by atoms with E-state index >= 15 is 0 Å². The van der Waals surface area contributed by atoms with E-state index in [1.165, 1.54) is 27.8 Å². The fourth-order valence-corrected chi connectivity index (χ4v) is 6.73. The highest BCUT2D eigenvalue weighted by atomic mass is 32.2. The molecule has 0 saturated heterocycles. The van der Waals surface area contributed by atoms with Gasteiger partial charge in [0.2, 0.25) is 10.0 Å². The van der Waals surface area contributed by atoms with Crippen molar-refractivity contribution in [1.82, 2.24) is 8.87 Å². The molecule has 164 valence electrons. The normalized spacial score (nSPS) is 15.9. The van der Waals surface area contributed by atoms with Gasteiger partial charge in [0, 0.05) is 25.2 Å². The topological polar surface area (TPSA) is 71.7 Å². The van der Waals surface area contributed by atoms with Crippen molar-refractivity contribution in [3.05, 3.63) is 58.4 Å². The van der Waals surface area contributed by atoms with Crippen LogP contribution in [0.3, 0.4) is 0 Å². The van der Waals surface area contributed by atoms with Crippen molar-refractivity contribution in [2.45, 2.75) is 57.0 Å². The van der Waals surface area contributed by atoms with E-state index in [0.29, 0.717) is 16.9 Å². The number of amides is 1. The summed E-state index contributed by atoms with van der Waals surface area (Å²) in [5.41, 5.74) is 2.59. The first-order valence-electron chi connectivity index (χ1n) is 10.6. The summed E-state index contributed by atoms with van der Waals surface area (Å²) in [7, 11) is -1.92. The Balaban J connectivity index is 1.62. The molecule has 31 heavy (non-hydrogen) atoms. The van der Waals surface area contributed by atoms with E-state index in [9.17, 15) is 13.2 Å². The highest BCUT2D eigenvalue weighted by molar-refractivity contribution is 7.89. The summed E-state index contributed by atoms with van der Waals surface area (Å²) in [4.78, 5) is 18.0. The minimum atomic E-state index is -3.57. The predicted molar refractivity (Wildman–Crippen MR) is 124 cm³/mol. The van der Waals surface area contributed by atoms with Crippen LogP contribution >= 0.6 is 11.3 Å². The molecule has 1 aliphatic carbocycles. The van der Waals surface area contributed by atoms with Crippen molar-refractivity contribution in [3.63, 3.8) is 0 Å². The Hall–Kier alpha value is -2.29. The summed E-state index contributed by atoms with van der Waals surface area (Å²) < 4.78 is 30.4. The molecule has 0 radical (unpaired) electrons. The van der Waals surface area contributed by atoms with Gasteiger partial charge in [-0.15, -0.1) is 0 Å². The van der Waals surface area contributed by atoms with Gasteiger partial charge in [-0.2, -0.15) is 9.30 Å². The maximum Gasteiger partial charge on any atom is 0.279 e. The van der Waals surface area contributed by atoms with Gasteiger partial charge in [-0.25, -0.2) is 8.42 Å². The summed E-state index contributed by atoms with van der Waals surface area (Å²) in [6.07, 6.45) is 3.93. The molecule has 0 unspecified atom stereocenters. The lowest BCUT2D eigenvalue weighted by Crippen LogP contribution is -2.35. The quantitative estimate of drug-likeness (QED) is 0.572. The smallest absolute Gasteiger partial charge is 0.279 e. The van der Waals surface area contributed by atoms with Crippen LogP contribution in [-0.2, 0) is 16.6 Å². The molecule has 2 aromatic carbocycles. The van der Waals surface area contributed by atoms with Gasteiger partial charge >= 0.3 is 0 Å². The molecule has 0 aliphatic heterocycles. The number of sulfonamides is 1. The van der Waals surface area contributed by atoms with Gasteiger partial charge in [-0.05, 0) is 68.7 Å². The van der Waals surface area contributed by atoms with Crippen molar-refractivity contribution in [2.75, 3.05) is 7.05 Å². The number of nitrogens with zero attached hydrogens (tertiary/aromatic N) is 3. The van der Waals surface area contributed by atoms with Crippen LogP contribution < -0.4 is 4.80 Å². The Labute approximate surface area is 186 Å². The molecule has 1 fully saturated rings. The zero-order chi connectivity index (χ0) is 22.2. The number of aromatic nitrogens is 1. The van der Waals surface area contributed by atoms with Gasteiger partial charge in [0.15, 0.2) is 4.80 Å². The second-order valence-corrected chi connectivity index (χ2v) is 11.0. The van der Waals surface area contributed by atoms with Crippen LogP contribution in [-0.4, -0.2) is 36.3 Å². The highest BCUT2D eigenvalue weighted by Gasteiger charge is 2.30. The molecule has 3 aromatic rings. The lowest BCUT2D eigenvalue weighted by molar-refractivity contribution is 0.0997. The summed E-state index contributed by atoms with van der Waals surface area (Å²) in [5, 5.41) is 0. The molecule has 0 spiro atoms. The molecule has 1 aromatic heterocycles. The van der Waals surface area contributed by atoms with E-state index in [4.69, 9.17) is 0 Å². The Morgan fingerprint density at radius 3 is 2.48 bits per heavy atom. The third-order valence-electron chi connectivity index (χ3n) is 5.97. The molecule has 4 rings (SSSR count). The second kappa shape index (κ2) is 8.68. The molecule has 1 heterocycles. The van der Waals surface area contributed by atoms with Crippen molar-refractivity contribution < 1.29 is 13.2 Å². The van der Waals surface area contributed by atoms with Gasteiger partial charge in [0.1, 0.15) is 0 Å². The van der Waals surface area contributed by atoms with Gasteiger partial charge in [-0.3, -0.25) is 4.79 Å². The number of aryl methyl sites for hydroxylation is 2. The second-order valence-electron chi connectivity index (χ2n) is 8.00. The number of benzene rings is 2. The van der Waals surface area contributed by atoms with Crippen LogP contribution in [0.1, 0.15) is 48.5 Å².